The molecule has 0 aliphatic carbocycles. The van der Waals surface area contributed by atoms with E-state index in [4.69, 9.17) is 0 Å². The Balaban J connectivity index is 1.66. The second-order valence-corrected chi connectivity index (χ2v) is 6.25. The van der Waals surface area contributed by atoms with E-state index in [0.717, 1.165) is 31.7 Å². The Hall–Kier alpha value is -2.48. The van der Waals surface area contributed by atoms with Crippen molar-refractivity contribution < 1.29 is 10.0 Å². The standard InChI is InChI=1S/C16H21N5O3/c1-11-9-14(18-10-13(11)21(23)24)20-6-3-12(4-7-20)15(22)16-17-5-8-19(16)2/h5,8-10,12,15,22H,3-4,6-7H2,1-2H3. The van der Waals surface area contributed by atoms with E-state index in [2.05, 4.69) is 14.9 Å². The van der Waals surface area contributed by atoms with Gasteiger partial charge in [-0.15, -0.1) is 0 Å². The van der Waals surface area contributed by atoms with Crippen LogP contribution >= 0.6 is 0 Å². The van der Waals surface area contributed by atoms with E-state index in [1.807, 2.05) is 17.8 Å². The normalized spacial score (nSPS) is 17.0. The van der Waals surface area contributed by atoms with E-state index in [1.165, 1.54) is 6.20 Å². The molecular formula is C16H21N5O3. The highest BCUT2D eigenvalue weighted by Gasteiger charge is 2.29. The van der Waals surface area contributed by atoms with Crippen LogP contribution in [0.3, 0.4) is 0 Å². The van der Waals surface area contributed by atoms with E-state index in [0.29, 0.717) is 11.4 Å². The lowest BCUT2D eigenvalue weighted by atomic mass is 9.90. The van der Waals surface area contributed by atoms with Crippen molar-refractivity contribution >= 4 is 11.5 Å². The minimum atomic E-state index is -0.571. The van der Waals surface area contributed by atoms with Crippen LogP contribution in [0.4, 0.5) is 11.5 Å². The van der Waals surface area contributed by atoms with Gasteiger partial charge in [0.15, 0.2) is 0 Å². The van der Waals surface area contributed by atoms with Crippen molar-refractivity contribution in [3.8, 4) is 0 Å². The van der Waals surface area contributed by atoms with Gasteiger partial charge in [-0.1, -0.05) is 0 Å². The number of aromatic nitrogens is 3. The van der Waals surface area contributed by atoms with Crippen LogP contribution in [-0.4, -0.2) is 37.7 Å². The van der Waals surface area contributed by atoms with Gasteiger partial charge in [-0.25, -0.2) is 9.97 Å². The predicted molar refractivity (Wildman–Crippen MR) is 88.7 cm³/mol. The lowest BCUT2D eigenvalue weighted by Gasteiger charge is -2.34. The van der Waals surface area contributed by atoms with Gasteiger partial charge in [-0.3, -0.25) is 10.1 Å². The fraction of sp³-hybridized carbons (Fsp3) is 0.500. The molecule has 8 nitrogen and oxygen atoms in total. The monoisotopic (exact) mass is 331 g/mol. The SMILES string of the molecule is Cc1cc(N2CCC(C(O)c3nccn3C)CC2)ncc1[N+](=O)[O-]. The maximum Gasteiger partial charge on any atom is 0.290 e. The molecule has 8 heteroatoms. The number of aliphatic hydroxyl groups excluding tert-OH is 1. The highest BCUT2D eigenvalue weighted by atomic mass is 16.6. The summed E-state index contributed by atoms with van der Waals surface area (Å²) >= 11 is 0. The molecule has 24 heavy (non-hydrogen) atoms. The van der Waals surface area contributed by atoms with Crippen molar-refractivity contribution in [1.29, 1.82) is 0 Å². The minimum Gasteiger partial charge on any atom is -0.385 e. The van der Waals surface area contributed by atoms with Crippen molar-refractivity contribution in [2.24, 2.45) is 13.0 Å². The molecule has 128 valence electrons. The molecule has 1 atom stereocenters. The summed E-state index contributed by atoms with van der Waals surface area (Å²) in [6.45, 7) is 3.24. The Morgan fingerprint density at radius 1 is 1.38 bits per heavy atom. The van der Waals surface area contributed by atoms with Crippen molar-refractivity contribution in [3.63, 3.8) is 0 Å². The zero-order chi connectivity index (χ0) is 17.3. The Labute approximate surface area is 139 Å². The Bertz CT molecular complexity index is 737. The van der Waals surface area contributed by atoms with Crippen LogP contribution in [0.5, 0.6) is 0 Å². The van der Waals surface area contributed by atoms with Crippen LogP contribution in [0.25, 0.3) is 0 Å². The van der Waals surface area contributed by atoms with Gasteiger partial charge in [0.05, 0.1) is 4.92 Å². The van der Waals surface area contributed by atoms with Gasteiger partial charge in [-0.2, -0.15) is 0 Å². The first kappa shape index (κ1) is 16.4. The van der Waals surface area contributed by atoms with Gasteiger partial charge >= 0.3 is 0 Å². The molecule has 1 N–H and O–H groups in total. The number of pyridine rings is 1. The third kappa shape index (κ3) is 3.09. The summed E-state index contributed by atoms with van der Waals surface area (Å²) in [5.41, 5.74) is 0.652. The fourth-order valence-corrected chi connectivity index (χ4v) is 3.22. The molecule has 0 bridgehead atoms. The summed E-state index contributed by atoms with van der Waals surface area (Å²) in [7, 11) is 1.88. The number of nitrogens with zero attached hydrogens (tertiary/aromatic N) is 5. The average molecular weight is 331 g/mol. The largest absolute Gasteiger partial charge is 0.385 e. The van der Waals surface area contributed by atoms with Crippen molar-refractivity contribution in [1.82, 2.24) is 14.5 Å². The molecule has 0 spiro atoms. The van der Waals surface area contributed by atoms with E-state index in [1.54, 1.807) is 19.2 Å². The van der Waals surface area contributed by atoms with E-state index < -0.39 is 11.0 Å². The van der Waals surface area contributed by atoms with Gasteiger partial charge in [0.2, 0.25) is 0 Å². The Morgan fingerprint density at radius 3 is 2.62 bits per heavy atom. The Kier molecular flexibility index (Phi) is 4.48. The summed E-state index contributed by atoms with van der Waals surface area (Å²) in [4.78, 5) is 21.0. The Morgan fingerprint density at radius 2 is 2.08 bits per heavy atom. The van der Waals surface area contributed by atoms with E-state index >= 15 is 0 Å². The topological polar surface area (TPSA) is 97.3 Å². The van der Waals surface area contributed by atoms with Crippen molar-refractivity contribution in [2.45, 2.75) is 25.9 Å². The number of aryl methyl sites for hydroxylation is 2. The molecule has 2 aromatic rings. The zero-order valence-electron chi connectivity index (χ0n) is 13.8. The molecule has 0 saturated carbocycles. The summed E-state index contributed by atoms with van der Waals surface area (Å²) in [6, 6.07) is 1.76. The van der Waals surface area contributed by atoms with Crippen molar-refractivity contribution in [2.75, 3.05) is 18.0 Å². The van der Waals surface area contributed by atoms with Crippen LogP contribution in [0, 0.1) is 23.0 Å². The average Bonchev–Trinajstić information content (AvgIpc) is 3.00. The van der Waals surface area contributed by atoms with E-state index in [9.17, 15) is 15.2 Å². The predicted octanol–water partition coefficient (Wildman–Crippen LogP) is 1.98. The number of hydrogen-bond acceptors (Lipinski definition) is 6. The fourth-order valence-electron chi connectivity index (χ4n) is 3.22. The highest BCUT2D eigenvalue weighted by Crippen LogP contribution is 2.32. The zero-order valence-corrected chi connectivity index (χ0v) is 13.8. The lowest BCUT2D eigenvalue weighted by Crippen LogP contribution is -2.36. The second-order valence-electron chi connectivity index (χ2n) is 6.25. The molecule has 1 unspecified atom stereocenters. The smallest absolute Gasteiger partial charge is 0.290 e. The first-order chi connectivity index (χ1) is 11.5. The number of nitro groups is 1. The third-order valence-electron chi connectivity index (χ3n) is 4.70. The van der Waals surface area contributed by atoms with Crippen LogP contribution < -0.4 is 4.90 Å². The third-order valence-corrected chi connectivity index (χ3v) is 4.70. The molecule has 0 radical (unpaired) electrons. The molecule has 1 saturated heterocycles. The molecule has 0 amide bonds. The van der Waals surface area contributed by atoms with Crippen LogP contribution in [0.2, 0.25) is 0 Å². The van der Waals surface area contributed by atoms with Crippen LogP contribution in [0.1, 0.15) is 30.3 Å². The summed E-state index contributed by atoms with van der Waals surface area (Å²) in [5.74, 6) is 1.60. The number of piperidine rings is 1. The van der Waals surface area contributed by atoms with Gasteiger partial charge in [0.1, 0.15) is 23.9 Å². The number of anilines is 1. The highest BCUT2D eigenvalue weighted by molar-refractivity contribution is 5.48. The van der Waals surface area contributed by atoms with Gasteiger partial charge in [0, 0.05) is 38.1 Å². The molecule has 0 aromatic carbocycles. The van der Waals surface area contributed by atoms with Crippen molar-refractivity contribution in [3.05, 3.63) is 46.2 Å². The number of rotatable bonds is 4. The maximum absolute atomic E-state index is 10.9. The molecule has 1 aliphatic rings. The number of aliphatic hydroxyl groups is 1. The molecule has 1 aliphatic heterocycles. The summed E-state index contributed by atoms with van der Waals surface area (Å²) in [5, 5.41) is 21.4. The van der Waals surface area contributed by atoms with Crippen LogP contribution in [-0.2, 0) is 7.05 Å². The van der Waals surface area contributed by atoms with E-state index in [-0.39, 0.29) is 11.6 Å². The van der Waals surface area contributed by atoms with Gasteiger partial charge in [0.25, 0.3) is 5.69 Å². The van der Waals surface area contributed by atoms with Gasteiger partial charge in [-0.05, 0) is 31.7 Å². The molecule has 3 rings (SSSR count). The number of hydrogen-bond donors (Lipinski definition) is 1. The molecule has 1 fully saturated rings. The summed E-state index contributed by atoms with van der Waals surface area (Å²) < 4.78 is 1.85. The van der Waals surface area contributed by atoms with Gasteiger partial charge < -0.3 is 14.6 Å². The number of imidazole rings is 1. The quantitative estimate of drug-likeness (QED) is 0.679. The molecule has 3 heterocycles. The first-order valence-corrected chi connectivity index (χ1v) is 7.98. The molecule has 2 aromatic heterocycles. The van der Waals surface area contributed by atoms with Crippen LogP contribution in [0.15, 0.2) is 24.7 Å². The second kappa shape index (κ2) is 6.56. The first-order valence-electron chi connectivity index (χ1n) is 7.98. The summed E-state index contributed by atoms with van der Waals surface area (Å²) in [6.07, 6.45) is 5.92. The maximum atomic E-state index is 10.9. The molecular weight excluding hydrogens is 310 g/mol. The minimum absolute atomic E-state index is 0.0406. The lowest BCUT2D eigenvalue weighted by molar-refractivity contribution is -0.385.